The Kier molecular flexibility index (Phi) is 5.79. The van der Waals surface area contributed by atoms with Crippen LogP contribution < -0.4 is 10.7 Å². The van der Waals surface area contributed by atoms with E-state index in [4.69, 9.17) is 17.3 Å². The molecule has 0 saturated carbocycles. The average molecular weight is 418 g/mol. The number of aromatic nitrogens is 2. The van der Waals surface area contributed by atoms with Crippen molar-refractivity contribution in [2.75, 3.05) is 5.32 Å². The van der Waals surface area contributed by atoms with Crippen molar-refractivity contribution in [3.8, 4) is 16.3 Å². The summed E-state index contributed by atoms with van der Waals surface area (Å²) in [7, 11) is 0. The van der Waals surface area contributed by atoms with Crippen molar-refractivity contribution in [3.05, 3.63) is 89.4 Å². The summed E-state index contributed by atoms with van der Waals surface area (Å²) in [6.45, 7) is 2.05. The Morgan fingerprint density at radius 1 is 1.07 bits per heavy atom. The number of para-hydroxylation sites is 1. The van der Waals surface area contributed by atoms with Crippen LogP contribution in [0.2, 0.25) is 0 Å². The van der Waals surface area contributed by atoms with Crippen LogP contribution in [0, 0.1) is 6.92 Å². The van der Waals surface area contributed by atoms with Crippen LogP contribution in [0.1, 0.15) is 11.1 Å². The third-order valence-electron chi connectivity index (χ3n) is 4.20. The Labute approximate surface area is 178 Å². The maximum atomic E-state index is 5.32. The van der Waals surface area contributed by atoms with E-state index in [1.807, 2.05) is 83.8 Å². The van der Waals surface area contributed by atoms with Gasteiger partial charge in [0.15, 0.2) is 5.11 Å². The molecule has 0 aliphatic heterocycles. The van der Waals surface area contributed by atoms with Crippen LogP contribution in [-0.4, -0.2) is 21.1 Å². The minimum atomic E-state index is 0.429. The number of hydrogen-bond acceptors (Lipinski definition) is 4. The molecule has 144 valence electrons. The minimum Gasteiger partial charge on any atom is -0.331 e. The summed E-state index contributed by atoms with van der Waals surface area (Å²) < 4.78 is 1.86. The highest BCUT2D eigenvalue weighted by atomic mass is 32.1. The molecule has 4 rings (SSSR count). The van der Waals surface area contributed by atoms with Gasteiger partial charge in [0.25, 0.3) is 0 Å². The number of aryl methyl sites for hydroxylation is 1. The highest BCUT2D eigenvalue weighted by Crippen LogP contribution is 2.26. The summed E-state index contributed by atoms with van der Waals surface area (Å²) in [5.41, 5.74) is 7.77. The first kappa shape index (κ1) is 19.0. The predicted molar refractivity (Wildman–Crippen MR) is 125 cm³/mol. The van der Waals surface area contributed by atoms with Crippen LogP contribution in [0.3, 0.4) is 0 Å². The monoisotopic (exact) mass is 417 g/mol. The second-order valence-electron chi connectivity index (χ2n) is 6.38. The minimum absolute atomic E-state index is 0.429. The first-order chi connectivity index (χ1) is 14.2. The first-order valence-corrected chi connectivity index (χ1v) is 10.3. The van der Waals surface area contributed by atoms with Gasteiger partial charge in [0.1, 0.15) is 5.69 Å². The molecule has 2 aromatic heterocycles. The van der Waals surface area contributed by atoms with E-state index in [-0.39, 0.29) is 0 Å². The van der Waals surface area contributed by atoms with Crippen molar-refractivity contribution in [2.24, 2.45) is 5.10 Å². The number of hydrogen-bond donors (Lipinski definition) is 2. The van der Waals surface area contributed by atoms with E-state index in [0.29, 0.717) is 5.11 Å². The molecule has 0 radical (unpaired) electrons. The molecule has 2 heterocycles. The quantitative estimate of drug-likeness (QED) is 0.265. The Morgan fingerprint density at radius 2 is 1.86 bits per heavy atom. The number of anilines is 1. The lowest BCUT2D eigenvalue weighted by Crippen LogP contribution is -2.23. The Hall–Kier alpha value is -3.29. The molecule has 2 N–H and O–H groups in total. The van der Waals surface area contributed by atoms with E-state index in [9.17, 15) is 0 Å². The highest BCUT2D eigenvalue weighted by molar-refractivity contribution is 7.80. The number of nitrogens with one attached hydrogen (secondary N) is 2. The second-order valence-corrected chi connectivity index (χ2v) is 7.74. The normalized spacial score (nSPS) is 10.9. The molecule has 5 nitrogen and oxygen atoms in total. The van der Waals surface area contributed by atoms with Gasteiger partial charge in [0.05, 0.1) is 16.8 Å². The van der Waals surface area contributed by atoms with E-state index in [1.54, 1.807) is 17.6 Å². The zero-order valence-corrected chi connectivity index (χ0v) is 17.4. The van der Waals surface area contributed by atoms with E-state index >= 15 is 0 Å². The fourth-order valence-electron chi connectivity index (χ4n) is 2.76. The predicted octanol–water partition coefficient (Wildman–Crippen LogP) is 5.23. The van der Waals surface area contributed by atoms with Crippen molar-refractivity contribution in [2.45, 2.75) is 6.92 Å². The molecular formula is C22H19N5S2. The molecule has 0 aliphatic rings. The molecule has 0 atom stereocenters. The molecular weight excluding hydrogens is 398 g/mol. The highest BCUT2D eigenvalue weighted by Gasteiger charge is 2.11. The number of thiocarbonyl (C=S) groups is 1. The lowest BCUT2D eigenvalue weighted by molar-refractivity contribution is 0.885. The van der Waals surface area contributed by atoms with Crippen molar-refractivity contribution < 1.29 is 0 Å². The van der Waals surface area contributed by atoms with Gasteiger partial charge < -0.3 is 5.32 Å². The van der Waals surface area contributed by atoms with Crippen molar-refractivity contribution in [1.29, 1.82) is 0 Å². The lowest BCUT2D eigenvalue weighted by Gasteiger charge is -2.06. The van der Waals surface area contributed by atoms with Crippen LogP contribution in [0.5, 0.6) is 0 Å². The summed E-state index contributed by atoms with van der Waals surface area (Å²) in [5, 5.41) is 14.6. The Balaban J connectivity index is 1.51. The summed E-state index contributed by atoms with van der Waals surface area (Å²) in [4.78, 5) is 1.08. The lowest BCUT2D eigenvalue weighted by atomic mass is 10.2. The molecule has 0 saturated heterocycles. The third-order valence-corrected chi connectivity index (χ3v) is 5.27. The summed E-state index contributed by atoms with van der Waals surface area (Å²) >= 11 is 6.97. The zero-order chi connectivity index (χ0) is 20.1. The van der Waals surface area contributed by atoms with Gasteiger partial charge in [-0.15, -0.1) is 11.3 Å². The van der Waals surface area contributed by atoms with Crippen LogP contribution >= 0.6 is 23.6 Å². The number of benzene rings is 2. The molecule has 0 aliphatic carbocycles. The number of hydrazone groups is 1. The number of rotatable bonds is 5. The van der Waals surface area contributed by atoms with Crippen LogP contribution in [0.15, 0.2) is 83.4 Å². The van der Waals surface area contributed by atoms with Gasteiger partial charge in [-0.25, -0.2) is 4.68 Å². The standard InChI is InChI=1S/C22H19N5S2/c1-16-9-11-18(12-10-16)24-22(28)25-23-14-17-15-27(19-6-3-2-4-7-19)26-21(17)20-8-5-13-29-20/h2-15H,1H3,(H2,24,25,28)/b23-14-. The largest absolute Gasteiger partial charge is 0.331 e. The van der Waals surface area contributed by atoms with Gasteiger partial charge in [0.2, 0.25) is 0 Å². The van der Waals surface area contributed by atoms with E-state index < -0.39 is 0 Å². The van der Waals surface area contributed by atoms with Crippen molar-refractivity contribution >= 4 is 40.6 Å². The fraction of sp³-hybridized carbons (Fsp3) is 0.0455. The smallest absolute Gasteiger partial charge is 0.191 e. The second kappa shape index (κ2) is 8.81. The molecule has 0 amide bonds. The van der Waals surface area contributed by atoms with Crippen LogP contribution in [0.25, 0.3) is 16.3 Å². The molecule has 0 spiro atoms. The van der Waals surface area contributed by atoms with Crippen molar-refractivity contribution in [1.82, 2.24) is 15.2 Å². The van der Waals surface area contributed by atoms with Crippen molar-refractivity contribution in [3.63, 3.8) is 0 Å². The maximum absolute atomic E-state index is 5.32. The van der Waals surface area contributed by atoms with Crippen LogP contribution in [-0.2, 0) is 0 Å². The van der Waals surface area contributed by atoms with Crippen LogP contribution in [0.4, 0.5) is 5.69 Å². The SMILES string of the molecule is Cc1ccc(NC(=S)N/N=C\c2cn(-c3ccccc3)nc2-c2cccs2)cc1. The number of nitrogens with zero attached hydrogens (tertiary/aromatic N) is 3. The first-order valence-electron chi connectivity index (χ1n) is 9.05. The molecule has 0 bridgehead atoms. The molecule has 29 heavy (non-hydrogen) atoms. The van der Waals surface area contributed by atoms with Gasteiger partial charge in [-0.2, -0.15) is 10.2 Å². The van der Waals surface area contributed by atoms with E-state index in [1.165, 1.54) is 5.56 Å². The Morgan fingerprint density at radius 3 is 2.59 bits per heavy atom. The average Bonchev–Trinajstić information content (AvgIpc) is 3.40. The van der Waals surface area contributed by atoms with E-state index in [0.717, 1.165) is 27.5 Å². The fourth-order valence-corrected chi connectivity index (χ4v) is 3.66. The summed E-state index contributed by atoms with van der Waals surface area (Å²) in [5.74, 6) is 0. The number of thiophene rings is 1. The van der Waals surface area contributed by atoms with Gasteiger partial charge in [-0.3, -0.25) is 5.43 Å². The van der Waals surface area contributed by atoms with Gasteiger partial charge in [-0.05, 0) is 54.9 Å². The molecule has 0 fully saturated rings. The molecule has 7 heteroatoms. The topological polar surface area (TPSA) is 54.2 Å². The van der Waals surface area contributed by atoms with E-state index in [2.05, 4.69) is 21.9 Å². The molecule has 2 aromatic carbocycles. The summed E-state index contributed by atoms with van der Waals surface area (Å²) in [6, 6.07) is 22.1. The van der Waals surface area contributed by atoms with Gasteiger partial charge >= 0.3 is 0 Å². The van der Waals surface area contributed by atoms with Gasteiger partial charge in [-0.1, -0.05) is 42.0 Å². The molecule has 0 unspecified atom stereocenters. The van der Waals surface area contributed by atoms with Gasteiger partial charge in [0, 0.05) is 17.4 Å². The summed E-state index contributed by atoms with van der Waals surface area (Å²) in [6.07, 6.45) is 3.70. The Bertz CT molecular complexity index is 1110. The molecule has 4 aromatic rings. The zero-order valence-electron chi connectivity index (χ0n) is 15.7. The third kappa shape index (κ3) is 4.77. The maximum Gasteiger partial charge on any atom is 0.191 e.